The minimum Gasteiger partial charge on any atom is -0.301 e. The van der Waals surface area contributed by atoms with Gasteiger partial charge in [0.15, 0.2) is 0 Å². The normalized spacial score (nSPS) is 10.1. The van der Waals surface area contributed by atoms with E-state index in [9.17, 15) is 4.79 Å². The smallest absolute Gasteiger partial charge is 0.141 e. The summed E-state index contributed by atoms with van der Waals surface area (Å²) in [6.07, 6.45) is 0.857. The summed E-state index contributed by atoms with van der Waals surface area (Å²) in [5.74, 6) is 0. The molecule has 60 valence electrons. The van der Waals surface area contributed by atoms with Crippen molar-refractivity contribution in [2.24, 2.45) is 0 Å². The number of halogens is 1. The van der Waals surface area contributed by atoms with Gasteiger partial charge in [-0.05, 0) is 36.4 Å². The number of hydrogen-bond donors (Lipinski definition) is 0. The van der Waals surface area contributed by atoms with Gasteiger partial charge in [-0.15, -0.1) is 0 Å². The van der Waals surface area contributed by atoms with E-state index in [1.54, 1.807) is 4.68 Å². The summed E-state index contributed by atoms with van der Waals surface area (Å²) in [5, 5.41) is 4.18. The number of carbonyl (C=O) groups is 1. The summed E-state index contributed by atoms with van der Waals surface area (Å²) < 4.78 is 2.86. The fraction of sp³-hybridized carbons (Fsp3) is 0.429. The van der Waals surface area contributed by atoms with E-state index >= 15 is 0 Å². The van der Waals surface area contributed by atoms with Crippen molar-refractivity contribution in [3.63, 3.8) is 0 Å². The van der Waals surface area contributed by atoms with E-state index in [-0.39, 0.29) is 0 Å². The average Bonchev–Trinajstić information content (AvgIpc) is 2.19. The summed E-state index contributed by atoms with van der Waals surface area (Å²) in [4.78, 5) is 10.2. The third-order valence-corrected chi connectivity index (χ3v) is 3.10. The Morgan fingerprint density at radius 1 is 1.64 bits per heavy atom. The molecule has 0 fully saturated rings. The SMILES string of the molecule is Cc1nn(CC=O)c(C)c1I. The van der Waals surface area contributed by atoms with Crippen LogP contribution in [0.25, 0.3) is 0 Å². The molecule has 0 saturated heterocycles. The van der Waals surface area contributed by atoms with Crippen LogP contribution in [0.15, 0.2) is 0 Å². The summed E-state index contributed by atoms with van der Waals surface area (Å²) in [6.45, 7) is 4.26. The monoisotopic (exact) mass is 264 g/mol. The molecule has 0 bridgehead atoms. The Labute approximate surface area is 78.9 Å². The molecule has 0 saturated carbocycles. The van der Waals surface area contributed by atoms with Gasteiger partial charge in [-0.1, -0.05) is 0 Å². The Morgan fingerprint density at radius 3 is 2.64 bits per heavy atom. The van der Waals surface area contributed by atoms with E-state index in [4.69, 9.17) is 0 Å². The van der Waals surface area contributed by atoms with Crippen LogP contribution in [-0.4, -0.2) is 16.1 Å². The number of hydrogen-bond acceptors (Lipinski definition) is 2. The number of aryl methyl sites for hydroxylation is 1. The highest BCUT2D eigenvalue weighted by Crippen LogP contribution is 2.14. The van der Waals surface area contributed by atoms with Crippen molar-refractivity contribution >= 4 is 28.9 Å². The van der Waals surface area contributed by atoms with Gasteiger partial charge in [0.2, 0.25) is 0 Å². The van der Waals surface area contributed by atoms with E-state index in [1.165, 1.54) is 0 Å². The molecule has 1 aromatic rings. The minimum atomic E-state index is 0.357. The standard InChI is InChI=1S/C7H9IN2O/c1-5-7(8)6(2)10(9-5)3-4-11/h4H,3H2,1-2H3. The molecule has 0 aromatic carbocycles. The highest BCUT2D eigenvalue weighted by molar-refractivity contribution is 14.1. The van der Waals surface area contributed by atoms with E-state index in [2.05, 4.69) is 27.7 Å². The zero-order chi connectivity index (χ0) is 8.43. The molecule has 1 heterocycles. The maximum atomic E-state index is 10.2. The van der Waals surface area contributed by atoms with Crippen molar-refractivity contribution in [1.82, 2.24) is 9.78 Å². The summed E-state index contributed by atoms with van der Waals surface area (Å²) >= 11 is 2.23. The van der Waals surface area contributed by atoms with Crippen LogP contribution in [0.5, 0.6) is 0 Å². The van der Waals surface area contributed by atoms with E-state index in [0.29, 0.717) is 6.54 Å². The van der Waals surface area contributed by atoms with Gasteiger partial charge < -0.3 is 4.79 Å². The van der Waals surface area contributed by atoms with Crippen LogP contribution in [0.3, 0.4) is 0 Å². The van der Waals surface area contributed by atoms with Gasteiger partial charge in [0.05, 0.1) is 15.8 Å². The quantitative estimate of drug-likeness (QED) is 0.596. The molecule has 0 atom stereocenters. The summed E-state index contributed by atoms with van der Waals surface area (Å²) in [7, 11) is 0. The molecule has 0 spiro atoms. The minimum absolute atomic E-state index is 0.357. The van der Waals surface area contributed by atoms with Crippen LogP contribution >= 0.6 is 22.6 Å². The Morgan fingerprint density at radius 2 is 2.27 bits per heavy atom. The molecule has 4 heteroatoms. The Bertz CT molecular complexity index is 280. The zero-order valence-electron chi connectivity index (χ0n) is 6.47. The molecular weight excluding hydrogens is 255 g/mol. The summed E-state index contributed by atoms with van der Waals surface area (Å²) in [5.41, 5.74) is 2.06. The fourth-order valence-corrected chi connectivity index (χ4v) is 1.31. The number of carbonyl (C=O) groups excluding carboxylic acids is 1. The first kappa shape index (κ1) is 8.70. The van der Waals surface area contributed by atoms with Crippen molar-refractivity contribution in [2.45, 2.75) is 20.4 Å². The molecule has 0 aliphatic rings. The lowest BCUT2D eigenvalue weighted by Crippen LogP contribution is -2.03. The second-order valence-corrected chi connectivity index (χ2v) is 3.41. The van der Waals surface area contributed by atoms with Crippen LogP contribution in [0.2, 0.25) is 0 Å². The van der Waals surface area contributed by atoms with Gasteiger partial charge in [-0.25, -0.2) is 0 Å². The van der Waals surface area contributed by atoms with Gasteiger partial charge in [0.25, 0.3) is 0 Å². The van der Waals surface area contributed by atoms with Gasteiger partial charge in [-0.2, -0.15) is 5.10 Å². The molecule has 0 aliphatic heterocycles. The lowest BCUT2D eigenvalue weighted by molar-refractivity contribution is -0.108. The van der Waals surface area contributed by atoms with Gasteiger partial charge in [-0.3, -0.25) is 4.68 Å². The molecular formula is C7H9IN2O. The molecule has 1 rings (SSSR count). The molecule has 0 N–H and O–H groups in total. The van der Waals surface area contributed by atoms with E-state index in [0.717, 1.165) is 21.2 Å². The first-order chi connectivity index (χ1) is 5.16. The Balaban J connectivity index is 3.07. The Kier molecular flexibility index (Phi) is 2.64. The van der Waals surface area contributed by atoms with Gasteiger partial charge in [0.1, 0.15) is 6.29 Å². The first-order valence-electron chi connectivity index (χ1n) is 3.30. The van der Waals surface area contributed by atoms with Crippen LogP contribution < -0.4 is 0 Å². The maximum Gasteiger partial charge on any atom is 0.141 e. The molecule has 3 nitrogen and oxygen atoms in total. The average molecular weight is 264 g/mol. The van der Waals surface area contributed by atoms with Crippen molar-refractivity contribution in [3.05, 3.63) is 15.0 Å². The van der Waals surface area contributed by atoms with Gasteiger partial charge >= 0.3 is 0 Å². The van der Waals surface area contributed by atoms with Crippen molar-refractivity contribution in [3.8, 4) is 0 Å². The molecule has 0 radical (unpaired) electrons. The van der Waals surface area contributed by atoms with Crippen molar-refractivity contribution in [2.75, 3.05) is 0 Å². The largest absolute Gasteiger partial charge is 0.301 e. The van der Waals surface area contributed by atoms with Crippen LogP contribution in [-0.2, 0) is 11.3 Å². The molecule has 0 aliphatic carbocycles. The second-order valence-electron chi connectivity index (χ2n) is 2.33. The number of aldehydes is 1. The third kappa shape index (κ3) is 1.61. The van der Waals surface area contributed by atoms with Crippen LogP contribution in [0, 0.1) is 17.4 Å². The van der Waals surface area contributed by atoms with Gasteiger partial charge in [0, 0.05) is 5.69 Å². The zero-order valence-corrected chi connectivity index (χ0v) is 8.62. The van der Waals surface area contributed by atoms with Crippen LogP contribution in [0.1, 0.15) is 11.4 Å². The predicted octanol–water partition coefficient (Wildman–Crippen LogP) is 1.30. The predicted molar refractivity (Wildman–Crippen MR) is 50.5 cm³/mol. The van der Waals surface area contributed by atoms with Crippen molar-refractivity contribution in [1.29, 1.82) is 0 Å². The summed E-state index contributed by atoms with van der Waals surface area (Å²) in [6, 6.07) is 0. The molecule has 0 amide bonds. The molecule has 0 unspecified atom stereocenters. The highest BCUT2D eigenvalue weighted by atomic mass is 127. The van der Waals surface area contributed by atoms with Crippen LogP contribution in [0.4, 0.5) is 0 Å². The third-order valence-electron chi connectivity index (χ3n) is 1.54. The van der Waals surface area contributed by atoms with Crippen molar-refractivity contribution < 1.29 is 4.79 Å². The number of rotatable bonds is 2. The highest BCUT2D eigenvalue weighted by Gasteiger charge is 2.06. The Hall–Kier alpha value is -0.390. The second kappa shape index (κ2) is 3.34. The number of aromatic nitrogens is 2. The van der Waals surface area contributed by atoms with E-state index in [1.807, 2.05) is 13.8 Å². The maximum absolute atomic E-state index is 10.2. The lowest BCUT2D eigenvalue weighted by atomic mass is 10.4. The molecule has 11 heavy (non-hydrogen) atoms. The first-order valence-corrected chi connectivity index (χ1v) is 4.38. The van der Waals surface area contributed by atoms with E-state index < -0.39 is 0 Å². The molecule has 1 aromatic heterocycles. The number of nitrogens with zero attached hydrogens (tertiary/aromatic N) is 2. The topological polar surface area (TPSA) is 34.9 Å². The lowest BCUT2D eigenvalue weighted by Gasteiger charge is -1.95. The fourth-order valence-electron chi connectivity index (χ4n) is 0.923.